The van der Waals surface area contributed by atoms with Crippen LogP contribution in [-0.2, 0) is 0 Å². The number of halogens is 1. The van der Waals surface area contributed by atoms with Crippen molar-refractivity contribution < 1.29 is 0 Å². The first-order chi connectivity index (χ1) is 8.69. The van der Waals surface area contributed by atoms with E-state index in [2.05, 4.69) is 21.9 Å². The molecule has 3 nitrogen and oxygen atoms in total. The van der Waals surface area contributed by atoms with Crippen molar-refractivity contribution in [1.82, 2.24) is 9.97 Å². The molecule has 1 N–H and O–H groups in total. The second kappa shape index (κ2) is 5.65. The first-order valence-electron chi connectivity index (χ1n) is 5.68. The average Bonchev–Trinajstić information content (AvgIpc) is 2.39. The van der Waals surface area contributed by atoms with Crippen molar-refractivity contribution in [2.45, 2.75) is 13.0 Å². The number of rotatable bonds is 4. The number of nitrogens with zero attached hydrogens (tertiary/aromatic N) is 2. The second-order valence-electron chi connectivity index (χ2n) is 3.93. The lowest BCUT2D eigenvalue weighted by Crippen LogP contribution is -2.13. The first-order valence-corrected chi connectivity index (χ1v) is 6.06. The van der Waals surface area contributed by atoms with Crippen molar-refractivity contribution in [2.24, 2.45) is 0 Å². The van der Waals surface area contributed by atoms with E-state index in [1.54, 1.807) is 12.1 Å². The quantitative estimate of drug-likeness (QED) is 0.671. The van der Waals surface area contributed by atoms with Crippen molar-refractivity contribution in [3.63, 3.8) is 0 Å². The third-order valence-corrected chi connectivity index (χ3v) is 2.65. The van der Waals surface area contributed by atoms with E-state index in [0.29, 0.717) is 16.8 Å². The van der Waals surface area contributed by atoms with Gasteiger partial charge in [-0.2, -0.15) is 0 Å². The predicted molar refractivity (Wildman–Crippen MR) is 75.8 cm³/mol. The third-order valence-electron chi connectivity index (χ3n) is 2.46. The number of anilines is 1. The molecule has 0 spiro atoms. The van der Waals surface area contributed by atoms with Crippen molar-refractivity contribution >= 4 is 17.4 Å². The van der Waals surface area contributed by atoms with Gasteiger partial charge in [0.25, 0.3) is 0 Å². The summed E-state index contributed by atoms with van der Waals surface area (Å²) >= 11 is 6.01. The fourth-order valence-corrected chi connectivity index (χ4v) is 1.68. The van der Waals surface area contributed by atoms with Gasteiger partial charge in [0.1, 0.15) is 11.0 Å². The maximum Gasteiger partial charge on any atom is 0.163 e. The summed E-state index contributed by atoms with van der Waals surface area (Å²) in [7, 11) is 0. The molecule has 0 aliphatic heterocycles. The van der Waals surface area contributed by atoms with Gasteiger partial charge in [0.05, 0.1) is 0 Å². The topological polar surface area (TPSA) is 37.8 Å². The Morgan fingerprint density at radius 2 is 2.00 bits per heavy atom. The number of hydrogen-bond donors (Lipinski definition) is 1. The number of nitrogens with one attached hydrogen (secondary N) is 1. The van der Waals surface area contributed by atoms with Crippen LogP contribution < -0.4 is 5.32 Å². The van der Waals surface area contributed by atoms with Gasteiger partial charge in [-0.3, -0.25) is 0 Å². The van der Waals surface area contributed by atoms with E-state index in [9.17, 15) is 0 Å². The minimum absolute atomic E-state index is 0.125. The molecule has 0 fully saturated rings. The highest BCUT2D eigenvalue weighted by Gasteiger charge is 2.06. The Morgan fingerprint density at radius 3 is 2.67 bits per heavy atom. The predicted octanol–water partition coefficient (Wildman–Crippen LogP) is 3.78. The van der Waals surface area contributed by atoms with Crippen LogP contribution >= 0.6 is 11.6 Å². The van der Waals surface area contributed by atoms with E-state index in [4.69, 9.17) is 11.6 Å². The average molecular weight is 260 g/mol. The van der Waals surface area contributed by atoms with E-state index >= 15 is 0 Å². The molecule has 0 amide bonds. The SMILES string of the molecule is C=CC(C)Nc1cc(Cl)nc(-c2ccccc2)n1. The lowest BCUT2D eigenvalue weighted by atomic mass is 10.2. The monoisotopic (exact) mass is 259 g/mol. The van der Waals surface area contributed by atoms with E-state index in [1.807, 2.05) is 37.3 Å². The largest absolute Gasteiger partial charge is 0.364 e. The van der Waals surface area contributed by atoms with Gasteiger partial charge in [0.2, 0.25) is 0 Å². The van der Waals surface area contributed by atoms with Gasteiger partial charge in [-0.1, -0.05) is 48.0 Å². The van der Waals surface area contributed by atoms with Crippen LogP contribution in [0.3, 0.4) is 0 Å². The molecule has 0 aliphatic rings. The molecule has 1 heterocycles. The molecular weight excluding hydrogens is 246 g/mol. The van der Waals surface area contributed by atoms with Gasteiger partial charge >= 0.3 is 0 Å². The molecule has 1 atom stereocenters. The molecule has 4 heteroatoms. The number of benzene rings is 1. The molecule has 0 radical (unpaired) electrons. The summed E-state index contributed by atoms with van der Waals surface area (Å²) in [6.07, 6.45) is 1.80. The summed E-state index contributed by atoms with van der Waals surface area (Å²) in [6, 6.07) is 11.6. The summed E-state index contributed by atoms with van der Waals surface area (Å²) in [5, 5.41) is 3.61. The Bertz CT molecular complexity index is 540. The normalized spacial score (nSPS) is 11.9. The summed E-state index contributed by atoms with van der Waals surface area (Å²) in [5.74, 6) is 1.31. The van der Waals surface area contributed by atoms with E-state index in [0.717, 1.165) is 5.56 Å². The van der Waals surface area contributed by atoms with Crippen LogP contribution in [0.4, 0.5) is 5.82 Å². The zero-order valence-corrected chi connectivity index (χ0v) is 10.9. The van der Waals surface area contributed by atoms with Crippen molar-refractivity contribution in [3.8, 4) is 11.4 Å². The molecule has 2 rings (SSSR count). The Kier molecular flexibility index (Phi) is 3.95. The molecular formula is C14H14ClN3. The maximum atomic E-state index is 6.01. The minimum Gasteiger partial charge on any atom is -0.364 e. The fraction of sp³-hybridized carbons (Fsp3) is 0.143. The van der Waals surface area contributed by atoms with Crippen LogP contribution in [0.5, 0.6) is 0 Å². The van der Waals surface area contributed by atoms with Crippen LogP contribution in [0.1, 0.15) is 6.92 Å². The summed E-state index contributed by atoms with van der Waals surface area (Å²) < 4.78 is 0. The van der Waals surface area contributed by atoms with E-state index < -0.39 is 0 Å². The third kappa shape index (κ3) is 3.08. The molecule has 1 aromatic heterocycles. The first kappa shape index (κ1) is 12.6. The highest BCUT2D eigenvalue weighted by atomic mass is 35.5. The second-order valence-corrected chi connectivity index (χ2v) is 4.32. The molecule has 1 aromatic carbocycles. The lowest BCUT2D eigenvalue weighted by Gasteiger charge is -2.11. The maximum absolute atomic E-state index is 6.01. The van der Waals surface area contributed by atoms with Crippen LogP contribution in [0.2, 0.25) is 5.15 Å². The number of hydrogen-bond acceptors (Lipinski definition) is 3. The molecule has 0 saturated heterocycles. The lowest BCUT2D eigenvalue weighted by molar-refractivity contribution is 0.978. The van der Waals surface area contributed by atoms with Crippen molar-refractivity contribution in [2.75, 3.05) is 5.32 Å². The van der Waals surface area contributed by atoms with Crippen LogP contribution in [0.25, 0.3) is 11.4 Å². The van der Waals surface area contributed by atoms with Crippen LogP contribution in [0, 0.1) is 0 Å². The molecule has 0 saturated carbocycles. The standard InChI is InChI=1S/C14H14ClN3/c1-3-10(2)16-13-9-12(15)17-14(18-13)11-7-5-4-6-8-11/h3-10H,1H2,2H3,(H,16,17,18). The molecule has 2 aromatic rings. The van der Waals surface area contributed by atoms with Crippen LogP contribution in [0.15, 0.2) is 49.1 Å². The smallest absolute Gasteiger partial charge is 0.163 e. The van der Waals surface area contributed by atoms with Gasteiger partial charge in [0.15, 0.2) is 5.82 Å². The van der Waals surface area contributed by atoms with Gasteiger partial charge < -0.3 is 5.32 Å². The molecule has 0 bridgehead atoms. The highest BCUT2D eigenvalue weighted by Crippen LogP contribution is 2.20. The fourth-order valence-electron chi connectivity index (χ4n) is 1.50. The summed E-state index contributed by atoms with van der Waals surface area (Å²) in [5.41, 5.74) is 0.939. The van der Waals surface area contributed by atoms with Gasteiger partial charge in [-0.15, -0.1) is 6.58 Å². The van der Waals surface area contributed by atoms with E-state index in [1.165, 1.54) is 0 Å². The summed E-state index contributed by atoms with van der Waals surface area (Å²) in [4.78, 5) is 8.66. The van der Waals surface area contributed by atoms with Gasteiger partial charge in [-0.25, -0.2) is 9.97 Å². The minimum atomic E-state index is 0.125. The van der Waals surface area contributed by atoms with Gasteiger partial charge in [0, 0.05) is 17.7 Å². The molecule has 92 valence electrons. The molecule has 0 aliphatic carbocycles. The van der Waals surface area contributed by atoms with E-state index in [-0.39, 0.29) is 6.04 Å². The van der Waals surface area contributed by atoms with Crippen LogP contribution in [-0.4, -0.2) is 16.0 Å². The summed E-state index contributed by atoms with van der Waals surface area (Å²) in [6.45, 7) is 5.71. The Labute approximate surface area is 112 Å². The zero-order chi connectivity index (χ0) is 13.0. The Morgan fingerprint density at radius 1 is 1.28 bits per heavy atom. The Balaban J connectivity index is 2.35. The van der Waals surface area contributed by atoms with Crippen molar-refractivity contribution in [1.29, 1.82) is 0 Å². The van der Waals surface area contributed by atoms with Crippen molar-refractivity contribution in [3.05, 3.63) is 54.2 Å². The Hall–Kier alpha value is -1.87. The number of aromatic nitrogens is 2. The molecule has 1 unspecified atom stereocenters. The molecule has 18 heavy (non-hydrogen) atoms. The zero-order valence-electron chi connectivity index (χ0n) is 10.1. The van der Waals surface area contributed by atoms with Gasteiger partial charge in [-0.05, 0) is 6.92 Å². The highest BCUT2D eigenvalue weighted by molar-refractivity contribution is 6.29.